The van der Waals surface area contributed by atoms with Gasteiger partial charge in [-0.25, -0.2) is 4.79 Å². The van der Waals surface area contributed by atoms with Crippen LogP contribution in [0, 0.1) is 13.8 Å². The minimum absolute atomic E-state index is 0.0501. The summed E-state index contributed by atoms with van der Waals surface area (Å²) in [6, 6.07) is 1.74. The summed E-state index contributed by atoms with van der Waals surface area (Å²) in [5.74, 6) is -0.784. The van der Waals surface area contributed by atoms with E-state index in [1.807, 2.05) is 6.92 Å². The summed E-state index contributed by atoms with van der Waals surface area (Å²) in [7, 11) is 1.63. The Morgan fingerprint density at radius 1 is 1.18 bits per heavy atom. The number of ether oxygens (including phenoxy) is 2. The van der Waals surface area contributed by atoms with Crippen molar-refractivity contribution in [2.24, 2.45) is 0 Å². The Bertz CT molecular complexity index is 1020. The highest BCUT2D eigenvalue weighted by Crippen LogP contribution is 2.38. The number of fused-ring (bicyclic) bond motifs is 1. The van der Waals surface area contributed by atoms with E-state index < -0.39 is 5.97 Å². The second kappa shape index (κ2) is 11.5. The molecule has 2 amide bonds. The van der Waals surface area contributed by atoms with Crippen LogP contribution in [0.2, 0.25) is 0 Å². The number of rotatable bonds is 10. The number of carbonyl (C=O) groups is 3. The second-order valence-electron chi connectivity index (χ2n) is 8.16. The number of hydrogen-bond donors (Lipinski definition) is 2. The van der Waals surface area contributed by atoms with E-state index in [0.29, 0.717) is 41.6 Å². The predicted molar refractivity (Wildman–Crippen MR) is 128 cm³/mol. The predicted octanol–water partition coefficient (Wildman–Crippen LogP) is 3.63. The van der Waals surface area contributed by atoms with Gasteiger partial charge in [0.05, 0.1) is 17.7 Å². The van der Waals surface area contributed by atoms with Gasteiger partial charge in [0.1, 0.15) is 11.5 Å². The zero-order chi connectivity index (χ0) is 24.0. The lowest BCUT2D eigenvalue weighted by Crippen LogP contribution is -2.28. The van der Waals surface area contributed by atoms with Crippen LogP contribution in [-0.2, 0) is 33.7 Å². The van der Waals surface area contributed by atoms with E-state index in [0.717, 1.165) is 43.4 Å². The Labute approximate surface area is 198 Å². The maximum atomic E-state index is 13.0. The van der Waals surface area contributed by atoms with Gasteiger partial charge in [-0.05, 0) is 64.5 Å². The molecule has 0 bridgehead atoms. The first-order valence-corrected chi connectivity index (χ1v) is 12.2. The number of aryl methyl sites for hydroxylation is 2. The summed E-state index contributed by atoms with van der Waals surface area (Å²) in [6.45, 7) is 6.85. The lowest BCUT2D eigenvalue weighted by molar-refractivity contribution is -0.116. The second-order valence-corrected chi connectivity index (χ2v) is 9.26. The first kappa shape index (κ1) is 25.0. The minimum Gasteiger partial charge on any atom is -0.462 e. The molecule has 0 atom stereocenters. The standard InChI is InChI=1S/C24H33N3O5S/c1-5-32-24(30)18-13-15(2)27(16(18)3)14-20(28)26-23-21(22(29)25-11-8-12-31-4)17-9-6-7-10-19(17)33-23/h13H,5-12,14H2,1-4H3,(H,25,29)(H,26,28). The molecule has 1 aliphatic carbocycles. The Hall–Kier alpha value is -2.65. The first-order valence-electron chi connectivity index (χ1n) is 11.4. The van der Waals surface area contributed by atoms with Crippen molar-refractivity contribution in [3.63, 3.8) is 0 Å². The quantitative estimate of drug-likeness (QED) is 0.404. The molecule has 3 rings (SSSR count). The van der Waals surface area contributed by atoms with E-state index in [4.69, 9.17) is 9.47 Å². The van der Waals surface area contributed by atoms with E-state index in [9.17, 15) is 14.4 Å². The van der Waals surface area contributed by atoms with E-state index >= 15 is 0 Å². The van der Waals surface area contributed by atoms with Gasteiger partial charge >= 0.3 is 5.97 Å². The van der Waals surface area contributed by atoms with Crippen molar-refractivity contribution in [1.29, 1.82) is 0 Å². The van der Waals surface area contributed by atoms with E-state index in [1.165, 1.54) is 16.2 Å². The molecule has 2 aromatic rings. The fraction of sp³-hybridized carbons (Fsp3) is 0.542. The Balaban J connectivity index is 1.78. The summed E-state index contributed by atoms with van der Waals surface area (Å²) < 4.78 is 12.0. The topological polar surface area (TPSA) is 98.7 Å². The van der Waals surface area contributed by atoms with Crippen molar-refractivity contribution in [2.75, 3.05) is 32.2 Å². The number of anilines is 1. The van der Waals surface area contributed by atoms with Crippen LogP contribution in [0.3, 0.4) is 0 Å². The molecular formula is C24H33N3O5S. The number of methoxy groups -OCH3 is 1. The third-order valence-electron chi connectivity index (χ3n) is 5.83. The molecule has 8 nitrogen and oxygen atoms in total. The van der Waals surface area contributed by atoms with E-state index in [2.05, 4.69) is 10.6 Å². The van der Waals surface area contributed by atoms with Crippen LogP contribution in [0.1, 0.15) is 68.7 Å². The number of thiophene rings is 1. The molecule has 0 aromatic carbocycles. The molecule has 0 aliphatic heterocycles. The molecule has 0 saturated heterocycles. The number of aromatic nitrogens is 1. The van der Waals surface area contributed by atoms with Crippen molar-refractivity contribution >= 4 is 34.1 Å². The van der Waals surface area contributed by atoms with Gasteiger partial charge in [-0.1, -0.05) is 0 Å². The number of carbonyl (C=O) groups excluding carboxylic acids is 3. The normalized spacial score (nSPS) is 12.8. The smallest absolute Gasteiger partial charge is 0.339 e. The van der Waals surface area contributed by atoms with Gasteiger partial charge in [0, 0.05) is 36.5 Å². The average Bonchev–Trinajstić information content (AvgIpc) is 3.28. The van der Waals surface area contributed by atoms with Gasteiger partial charge in [-0.2, -0.15) is 0 Å². The molecule has 9 heteroatoms. The summed E-state index contributed by atoms with van der Waals surface area (Å²) >= 11 is 1.50. The summed E-state index contributed by atoms with van der Waals surface area (Å²) in [4.78, 5) is 39.3. The van der Waals surface area contributed by atoms with Crippen LogP contribution >= 0.6 is 11.3 Å². The van der Waals surface area contributed by atoms with Crippen LogP contribution in [0.15, 0.2) is 6.07 Å². The Morgan fingerprint density at radius 2 is 1.94 bits per heavy atom. The maximum absolute atomic E-state index is 13.0. The van der Waals surface area contributed by atoms with Gasteiger partial charge in [0.25, 0.3) is 5.91 Å². The van der Waals surface area contributed by atoms with Crippen LogP contribution in [0.4, 0.5) is 5.00 Å². The van der Waals surface area contributed by atoms with Gasteiger partial charge in [0.15, 0.2) is 0 Å². The third-order valence-corrected chi connectivity index (χ3v) is 7.04. The highest BCUT2D eigenvalue weighted by molar-refractivity contribution is 7.17. The monoisotopic (exact) mass is 475 g/mol. The first-order chi connectivity index (χ1) is 15.9. The molecule has 0 unspecified atom stereocenters. The molecule has 0 spiro atoms. The van der Waals surface area contributed by atoms with Crippen LogP contribution in [-0.4, -0.2) is 49.2 Å². The summed E-state index contributed by atoms with van der Waals surface area (Å²) in [5.41, 5.74) is 3.59. The Kier molecular flexibility index (Phi) is 8.68. The van der Waals surface area contributed by atoms with Gasteiger partial charge in [0.2, 0.25) is 5.91 Å². The van der Waals surface area contributed by atoms with E-state index in [-0.39, 0.29) is 18.4 Å². The molecule has 180 valence electrons. The zero-order valence-corrected chi connectivity index (χ0v) is 20.7. The molecule has 0 saturated carbocycles. The van der Waals surface area contributed by atoms with Gasteiger partial charge < -0.3 is 24.7 Å². The summed E-state index contributed by atoms with van der Waals surface area (Å²) in [5, 5.41) is 6.53. The molecule has 2 N–H and O–H groups in total. The molecule has 2 heterocycles. The van der Waals surface area contributed by atoms with Crippen molar-refractivity contribution < 1.29 is 23.9 Å². The molecule has 0 radical (unpaired) electrons. The SMILES string of the molecule is CCOC(=O)c1cc(C)n(CC(=O)Nc2sc3c(c2C(=O)NCCCOC)CCCC3)c1C. The lowest BCUT2D eigenvalue weighted by Gasteiger charge is -2.14. The number of esters is 1. The van der Waals surface area contributed by atoms with Gasteiger partial charge in [-0.3, -0.25) is 9.59 Å². The summed E-state index contributed by atoms with van der Waals surface area (Å²) in [6.07, 6.45) is 4.64. The highest BCUT2D eigenvalue weighted by atomic mass is 32.1. The molecule has 0 fully saturated rings. The Morgan fingerprint density at radius 3 is 2.67 bits per heavy atom. The number of nitrogens with zero attached hydrogens (tertiary/aromatic N) is 1. The zero-order valence-electron chi connectivity index (χ0n) is 19.8. The fourth-order valence-corrected chi connectivity index (χ4v) is 5.47. The number of amides is 2. The van der Waals surface area contributed by atoms with Crippen LogP contribution < -0.4 is 10.6 Å². The molecule has 33 heavy (non-hydrogen) atoms. The van der Waals surface area contributed by atoms with Crippen LogP contribution in [0.5, 0.6) is 0 Å². The van der Waals surface area contributed by atoms with Crippen molar-refractivity contribution in [2.45, 2.75) is 59.4 Å². The van der Waals surface area contributed by atoms with Crippen molar-refractivity contribution in [1.82, 2.24) is 9.88 Å². The van der Waals surface area contributed by atoms with E-state index in [1.54, 1.807) is 31.6 Å². The molecule has 2 aromatic heterocycles. The van der Waals surface area contributed by atoms with Crippen molar-refractivity contribution in [3.8, 4) is 0 Å². The molecule has 1 aliphatic rings. The highest BCUT2D eigenvalue weighted by Gasteiger charge is 2.26. The average molecular weight is 476 g/mol. The van der Waals surface area contributed by atoms with Crippen LogP contribution in [0.25, 0.3) is 0 Å². The number of nitrogens with one attached hydrogen (secondary N) is 2. The fourth-order valence-electron chi connectivity index (χ4n) is 4.17. The maximum Gasteiger partial charge on any atom is 0.339 e. The third kappa shape index (κ3) is 5.83. The van der Waals surface area contributed by atoms with Crippen molar-refractivity contribution in [3.05, 3.63) is 39.0 Å². The lowest BCUT2D eigenvalue weighted by atomic mass is 9.95. The molecular weight excluding hydrogens is 442 g/mol. The van der Waals surface area contributed by atoms with Gasteiger partial charge in [-0.15, -0.1) is 11.3 Å². The largest absolute Gasteiger partial charge is 0.462 e. The minimum atomic E-state index is -0.393. The number of hydrogen-bond acceptors (Lipinski definition) is 6.